The van der Waals surface area contributed by atoms with E-state index in [1.165, 1.54) is 0 Å². The Bertz CT molecular complexity index is 906. The first-order valence-electron chi connectivity index (χ1n) is 9.41. The van der Waals surface area contributed by atoms with Gasteiger partial charge in [-0.25, -0.2) is 4.79 Å². The van der Waals surface area contributed by atoms with E-state index in [2.05, 4.69) is 5.32 Å². The summed E-state index contributed by atoms with van der Waals surface area (Å²) < 4.78 is 5.26. The zero-order chi connectivity index (χ0) is 19.7. The highest BCUT2D eigenvalue weighted by molar-refractivity contribution is 6.08. The molecular formula is C22H22N2O4. The Morgan fingerprint density at radius 3 is 2.36 bits per heavy atom. The molecule has 1 atom stereocenters. The van der Waals surface area contributed by atoms with Crippen LogP contribution in [-0.2, 0) is 20.9 Å². The number of hydrogen-bond donors (Lipinski definition) is 1. The number of nitrogens with one attached hydrogen (secondary N) is 1. The number of carbonyl (C=O) groups excluding carboxylic acids is 3. The van der Waals surface area contributed by atoms with Crippen molar-refractivity contribution >= 4 is 17.9 Å². The van der Waals surface area contributed by atoms with Gasteiger partial charge in [0.25, 0.3) is 5.91 Å². The third-order valence-electron chi connectivity index (χ3n) is 5.44. The molecule has 2 fully saturated rings. The van der Waals surface area contributed by atoms with Gasteiger partial charge in [-0.1, -0.05) is 54.6 Å². The van der Waals surface area contributed by atoms with Gasteiger partial charge in [0.15, 0.2) is 0 Å². The fraction of sp³-hybridized carbons (Fsp3) is 0.318. The van der Waals surface area contributed by atoms with Crippen LogP contribution in [-0.4, -0.2) is 34.9 Å². The summed E-state index contributed by atoms with van der Waals surface area (Å²) in [5.74, 6) is -0.784. The first-order chi connectivity index (χ1) is 13.5. The second-order valence-electron chi connectivity index (χ2n) is 7.52. The molecule has 4 rings (SSSR count). The molecular weight excluding hydrogens is 356 g/mol. The van der Waals surface area contributed by atoms with Crippen LogP contribution < -0.4 is 5.32 Å². The van der Waals surface area contributed by atoms with E-state index in [1.807, 2.05) is 54.6 Å². The average molecular weight is 378 g/mol. The van der Waals surface area contributed by atoms with Crippen LogP contribution in [0.15, 0.2) is 54.6 Å². The topological polar surface area (TPSA) is 75.7 Å². The van der Waals surface area contributed by atoms with E-state index in [4.69, 9.17) is 4.74 Å². The molecule has 1 heterocycles. The molecule has 144 valence electrons. The monoisotopic (exact) mass is 378 g/mol. The number of esters is 1. The quantitative estimate of drug-likeness (QED) is 0.619. The first kappa shape index (κ1) is 18.2. The van der Waals surface area contributed by atoms with Crippen LogP contribution in [0.1, 0.15) is 25.3 Å². The number of urea groups is 1. The molecule has 2 aromatic carbocycles. The highest BCUT2D eigenvalue weighted by atomic mass is 16.5. The lowest BCUT2D eigenvalue weighted by Gasteiger charge is -2.20. The Kier molecular flexibility index (Phi) is 4.63. The fourth-order valence-electron chi connectivity index (χ4n) is 3.56. The maximum atomic E-state index is 12.5. The average Bonchev–Trinajstić information content (AvgIpc) is 3.54. The molecule has 1 N–H and O–H groups in total. The Morgan fingerprint density at radius 1 is 1.07 bits per heavy atom. The van der Waals surface area contributed by atoms with Crippen LogP contribution in [0, 0.1) is 5.92 Å². The zero-order valence-corrected chi connectivity index (χ0v) is 15.7. The standard InChI is InChI=1S/C22H22N2O4/c1-22(18-11-12-18)20(26)24(21(27)23-22)13-19(25)28-14-15-7-9-17(10-8-15)16-5-3-2-4-6-16/h2-10,18H,11-14H2,1H3,(H,23,27)/t22-/m0/s1. The molecule has 2 aromatic rings. The lowest BCUT2D eigenvalue weighted by Crippen LogP contribution is -2.46. The molecule has 0 spiro atoms. The van der Waals surface area contributed by atoms with Gasteiger partial charge in [0.2, 0.25) is 0 Å². The zero-order valence-electron chi connectivity index (χ0n) is 15.7. The van der Waals surface area contributed by atoms with Crippen molar-refractivity contribution in [1.29, 1.82) is 0 Å². The van der Waals surface area contributed by atoms with E-state index < -0.39 is 17.5 Å². The van der Waals surface area contributed by atoms with Crippen LogP contribution in [0.2, 0.25) is 0 Å². The first-order valence-corrected chi connectivity index (χ1v) is 9.41. The number of carbonyl (C=O) groups is 3. The lowest BCUT2D eigenvalue weighted by atomic mass is 9.96. The number of rotatable bonds is 6. The van der Waals surface area contributed by atoms with Crippen LogP contribution in [0.25, 0.3) is 11.1 Å². The highest BCUT2D eigenvalue weighted by Crippen LogP contribution is 2.42. The molecule has 0 bridgehead atoms. The van der Waals surface area contributed by atoms with Gasteiger partial charge in [0, 0.05) is 0 Å². The third kappa shape index (κ3) is 3.50. The number of imide groups is 1. The molecule has 1 aliphatic carbocycles. The van der Waals surface area contributed by atoms with Crippen LogP contribution in [0.4, 0.5) is 4.79 Å². The lowest BCUT2D eigenvalue weighted by molar-refractivity contribution is -0.148. The van der Waals surface area contributed by atoms with Gasteiger partial charge in [-0.15, -0.1) is 0 Å². The van der Waals surface area contributed by atoms with Gasteiger partial charge in [0.1, 0.15) is 18.7 Å². The minimum absolute atomic E-state index is 0.0947. The van der Waals surface area contributed by atoms with Gasteiger partial charge < -0.3 is 10.1 Å². The van der Waals surface area contributed by atoms with E-state index in [0.717, 1.165) is 34.4 Å². The van der Waals surface area contributed by atoms with Gasteiger partial charge in [-0.3, -0.25) is 14.5 Å². The summed E-state index contributed by atoms with van der Waals surface area (Å²) in [6, 6.07) is 17.2. The summed E-state index contributed by atoms with van der Waals surface area (Å²) >= 11 is 0. The van der Waals surface area contributed by atoms with Crippen molar-refractivity contribution < 1.29 is 19.1 Å². The normalized spacial score (nSPS) is 21.5. The predicted molar refractivity (Wildman–Crippen MR) is 103 cm³/mol. The van der Waals surface area contributed by atoms with Crippen molar-refractivity contribution in [2.24, 2.45) is 5.92 Å². The predicted octanol–water partition coefficient (Wildman–Crippen LogP) is 3.12. The summed E-state index contributed by atoms with van der Waals surface area (Å²) in [6.07, 6.45) is 1.83. The Morgan fingerprint density at radius 2 is 1.71 bits per heavy atom. The van der Waals surface area contributed by atoms with Crippen molar-refractivity contribution in [2.75, 3.05) is 6.54 Å². The third-order valence-corrected chi connectivity index (χ3v) is 5.44. The van der Waals surface area contributed by atoms with Crippen molar-refractivity contribution in [3.63, 3.8) is 0 Å². The van der Waals surface area contributed by atoms with Gasteiger partial charge >= 0.3 is 12.0 Å². The molecule has 0 radical (unpaired) electrons. The van der Waals surface area contributed by atoms with Crippen molar-refractivity contribution in [3.8, 4) is 11.1 Å². The van der Waals surface area contributed by atoms with E-state index >= 15 is 0 Å². The second-order valence-corrected chi connectivity index (χ2v) is 7.52. The number of amides is 3. The second kappa shape index (κ2) is 7.11. The molecule has 1 saturated heterocycles. The van der Waals surface area contributed by atoms with Crippen molar-refractivity contribution in [3.05, 3.63) is 60.2 Å². The number of benzene rings is 2. The molecule has 0 unspecified atom stereocenters. The molecule has 28 heavy (non-hydrogen) atoms. The van der Waals surface area contributed by atoms with Crippen LogP contribution >= 0.6 is 0 Å². The van der Waals surface area contributed by atoms with Gasteiger partial charge in [-0.2, -0.15) is 0 Å². The largest absolute Gasteiger partial charge is 0.459 e. The summed E-state index contributed by atoms with van der Waals surface area (Å²) in [5.41, 5.74) is 2.15. The van der Waals surface area contributed by atoms with E-state index in [-0.39, 0.29) is 25.0 Å². The number of hydrogen-bond acceptors (Lipinski definition) is 4. The summed E-state index contributed by atoms with van der Waals surface area (Å²) in [6.45, 7) is 1.46. The van der Waals surface area contributed by atoms with Gasteiger partial charge in [0.05, 0.1) is 0 Å². The molecule has 0 aromatic heterocycles. The molecule has 1 saturated carbocycles. The molecule has 3 amide bonds. The molecule has 1 aliphatic heterocycles. The SMILES string of the molecule is C[C@@]1(C2CC2)NC(=O)N(CC(=O)OCc2ccc(-c3ccccc3)cc2)C1=O. The summed E-state index contributed by atoms with van der Waals surface area (Å²) in [5, 5.41) is 2.72. The van der Waals surface area contributed by atoms with E-state index in [9.17, 15) is 14.4 Å². The Labute approximate surface area is 163 Å². The maximum Gasteiger partial charge on any atom is 0.326 e. The summed E-state index contributed by atoms with van der Waals surface area (Å²) in [7, 11) is 0. The Hall–Kier alpha value is -3.15. The minimum Gasteiger partial charge on any atom is -0.459 e. The summed E-state index contributed by atoms with van der Waals surface area (Å²) in [4.78, 5) is 37.7. The smallest absolute Gasteiger partial charge is 0.326 e. The number of ether oxygens (including phenoxy) is 1. The van der Waals surface area contributed by atoms with Crippen LogP contribution in [0.3, 0.4) is 0 Å². The highest BCUT2D eigenvalue weighted by Gasteiger charge is 2.56. The molecule has 2 aliphatic rings. The minimum atomic E-state index is -0.884. The van der Waals surface area contributed by atoms with E-state index in [1.54, 1.807) is 6.92 Å². The van der Waals surface area contributed by atoms with Crippen molar-refractivity contribution in [2.45, 2.75) is 31.9 Å². The fourth-order valence-corrected chi connectivity index (χ4v) is 3.56. The van der Waals surface area contributed by atoms with Crippen molar-refractivity contribution in [1.82, 2.24) is 10.2 Å². The molecule has 6 heteroatoms. The van der Waals surface area contributed by atoms with Crippen LogP contribution in [0.5, 0.6) is 0 Å². The van der Waals surface area contributed by atoms with E-state index in [0.29, 0.717) is 0 Å². The number of nitrogens with zero attached hydrogens (tertiary/aromatic N) is 1. The van der Waals surface area contributed by atoms with Gasteiger partial charge in [-0.05, 0) is 42.4 Å². The molecule has 6 nitrogen and oxygen atoms in total. The maximum absolute atomic E-state index is 12.5. The Balaban J connectivity index is 1.32.